The number of nitrogens with one attached hydrogen (secondary N) is 1. The summed E-state index contributed by atoms with van der Waals surface area (Å²) in [6.45, 7) is 4.30. The average Bonchev–Trinajstić information content (AvgIpc) is 3.26. The molecule has 0 radical (unpaired) electrons. The van der Waals surface area contributed by atoms with E-state index in [1.807, 2.05) is 17.4 Å². The summed E-state index contributed by atoms with van der Waals surface area (Å²) in [5, 5.41) is 4.84. The molecule has 4 aromatic rings. The van der Waals surface area contributed by atoms with E-state index in [9.17, 15) is 0 Å². The minimum atomic E-state index is 0.751. The van der Waals surface area contributed by atoms with Crippen LogP contribution in [-0.2, 0) is 19.3 Å². The maximum Gasteiger partial charge on any atom is 0.143 e. The molecule has 0 saturated carbocycles. The lowest BCUT2D eigenvalue weighted by molar-refractivity contribution is 0.916. The number of fused-ring (bicyclic) bond motifs is 3. The zero-order valence-corrected chi connectivity index (χ0v) is 17.1. The molecule has 2 aromatic heterocycles. The molecule has 1 N–H and O–H groups in total. The van der Waals surface area contributed by atoms with Crippen molar-refractivity contribution in [2.45, 2.75) is 39.5 Å². The largest absolute Gasteiger partial charge is 0.340 e. The number of anilines is 2. The van der Waals surface area contributed by atoms with Crippen molar-refractivity contribution in [1.82, 2.24) is 9.97 Å². The molecule has 28 heavy (non-hydrogen) atoms. The summed E-state index contributed by atoms with van der Waals surface area (Å²) in [6.07, 6.45) is 4.30. The van der Waals surface area contributed by atoms with Gasteiger partial charge in [-0.05, 0) is 67.5 Å². The van der Waals surface area contributed by atoms with Gasteiger partial charge in [-0.25, -0.2) is 9.97 Å². The molecular formula is C24H23N3S. The Morgan fingerprint density at radius 3 is 2.64 bits per heavy atom. The van der Waals surface area contributed by atoms with Gasteiger partial charge in [0.05, 0.1) is 5.39 Å². The van der Waals surface area contributed by atoms with Crippen molar-refractivity contribution < 1.29 is 0 Å². The Bertz CT molecular complexity index is 1160. The van der Waals surface area contributed by atoms with Gasteiger partial charge >= 0.3 is 0 Å². The van der Waals surface area contributed by atoms with Gasteiger partial charge in [-0.1, -0.05) is 36.4 Å². The quantitative estimate of drug-likeness (QED) is 0.459. The third-order valence-electron chi connectivity index (χ3n) is 5.59. The van der Waals surface area contributed by atoms with Crippen LogP contribution in [-0.4, -0.2) is 9.97 Å². The molecule has 2 heterocycles. The molecule has 0 unspecified atom stereocenters. The lowest BCUT2D eigenvalue weighted by Crippen LogP contribution is -2.03. The molecule has 0 aliphatic heterocycles. The second kappa shape index (κ2) is 7.02. The Balaban J connectivity index is 1.61. The first-order chi connectivity index (χ1) is 13.7. The lowest BCUT2D eigenvalue weighted by atomic mass is 10.1. The van der Waals surface area contributed by atoms with E-state index in [0.717, 1.165) is 35.0 Å². The second-order valence-electron chi connectivity index (χ2n) is 7.61. The third kappa shape index (κ3) is 3.18. The van der Waals surface area contributed by atoms with Crippen LogP contribution in [0.25, 0.3) is 10.2 Å². The van der Waals surface area contributed by atoms with Gasteiger partial charge in [-0.2, -0.15) is 0 Å². The van der Waals surface area contributed by atoms with E-state index >= 15 is 0 Å². The van der Waals surface area contributed by atoms with Crippen molar-refractivity contribution in [1.29, 1.82) is 0 Å². The maximum absolute atomic E-state index is 4.98. The van der Waals surface area contributed by atoms with E-state index in [4.69, 9.17) is 9.97 Å². The van der Waals surface area contributed by atoms with Gasteiger partial charge in [0, 0.05) is 17.0 Å². The Kier molecular flexibility index (Phi) is 4.36. The minimum Gasteiger partial charge on any atom is -0.340 e. The van der Waals surface area contributed by atoms with E-state index in [0.29, 0.717) is 0 Å². The van der Waals surface area contributed by atoms with Crippen molar-refractivity contribution in [3.8, 4) is 0 Å². The van der Waals surface area contributed by atoms with Crippen LogP contribution >= 0.6 is 11.3 Å². The van der Waals surface area contributed by atoms with Crippen molar-refractivity contribution in [2.24, 2.45) is 0 Å². The third-order valence-corrected chi connectivity index (χ3v) is 6.77. The van der Waals surface area contributed by atoms with Gasteiger partial charge in [-0.15, -0.1) is 11.3 Å². The number of aromatic nitrogens is 2. The normalized spacial score (nSPS) is 13.1. The van der Waals surface area contributed by atoms with Crippen LogP contribution in [0, 0.1) is 13.8 Å². The summed E-state index contributed by atoms with van der Waals surface area (Å²) in [7, 11) is 0. The number of benzene rings is 2. The van der Waals surface area contributed by atoms with Gasteiger partial charge in [0.25, 0.3) is 0 Å². The molecule has 5 rings (SSSR count). The van der Waals surface area contributed by atoms with Crippen molar-refractivity contribution in [2.75, 3.05) is 5.32 Å². The lowest BCUT2D eigenvalue weighted by Gasteiger charge is -2.12. The fraction of sp³-hybridized carbons (Fsp3) is 0.250. The summed E-state index contributed by atoms with van der Waals surface area (Å²) in [5.74, 6) is 1.84. The minimum absolute atomic E-state index is 0.751. The highest BCUT2D eigenvalue weighted by molar-refractivity contribution is 7.19. The fourth-order valence-electron chi connectivity index (χ4n) is 3.94. The summed E-state index contributed by atoms with van der Waals surface area (Å²) in [6, 6.07) is 17.0. The molecule has 0 atom stereocenters. The van der Waals surface area contributed by atoms with Crippen LogP contribution in [0.1, 0.15) is 39.4 Å². The summed E-state index contributed by atoms with van der Waals surface area (Å²) in [5.41, 5.74) is 6.38. The Morgan fingerprint density at radius 1 is 0.964 bits per heavy atom. The van der Waals surface area contributed by atoms with Crippen LogP contribution in [0.2, 0.25) is 0 Å². The van der Waals surface area contributed by atoms with E-state index in [1.54, 1.807) is 0 Å². The maximum atomic E-state index is 4.98. The molecule has 1 aliphatic rings. The van der Waals surface area contributed by atoms with E-state index in [1.165, 1.54) is 45.4 Å². The van der Waals surface area contributed by atoms with Crippen molar-refractivity contribution in [3.05, 3.63) is 81.5 Å². The second-order valence-corrected chi connectivity index (χ2v) is 8.70. The Morgan fingerprint density at radius 2 is 1.82 bits per heavy atom. The molecule has 0 spiro atoms. The van der Waals surface area contributed by atoms with Crippen LogP contribution < -0.4 is 5.32 Å². The number of hydrogen-bond donors (Lipinski definition) is 1. The highest BCUT2D eigenvalue weighted by Gasteiger charge is 2.22. The molecule has 0 amide bonds. The number of hydrogen-bond acceptors (Lipinski definition) is 4. The first-order valence-electron chi connectivity index (χ1n) is 9.87. The predicted molar refractivity (Wildman–Crippen MR) is 118 cm³/mol. The molecule has 0 bridgehead atoms. The van der Waals surface area contributed by atoms with Crippen molar-refractivity contribution in [3.63, 3.8) is 0 Å². The standard InChI is InChI=1S/C24H23N3S/c1-15-11-12-18(13-16(15)2)25-23-22-19-9-6-10-20(19)28-24(22)27-21(26-23)14-17-7-4-3-5-8-17/h3-5,7-8,11-13H,6,9-10,14H2,1-2H3,(H,25,26,27). The molecule has 4 heteroatoms. The molecule has 1 aliphatic carbocycles. The molecule has 3 nitrogen and oxygen atoms in total. The highest BCUT2D eigenvalue weighted by Crippen LogP contribution is 2.40. The molecule has 140 valence electrons. The number of nitrogens with zero attached hydrogens (tertiary/aromatic N) is 2. The number of thiophene rings is 1. The first kappa shape index (κ1) is 17.4. The van der Waals surface area contributed by atoms with Gasteiger partial charge in [0.2, 0.25) is 0 Å². The van der Waals surface area contributed by atoms with Crippen LogP contribution in [0.3, 0.4) is 0 Å². The molecule has 0 saturated heterocycles. The van der Waals surface area contributed by atoms with E-state index < -0.39 is 0 Å². The number of aryl methyl sites for hydroxylation is 4. The zero-order chi connectivity index (χ0) is 19.1. The zero-order valence-electron chi connectivity index (χ0n) is 16.2. The Labute approximate surface area is 169 Å². The summed E-state index contributed by atoms with van der Waals surface area (Å²) >= 11 is 1.85. The van der Waals surface area contributed by atoms with Crippen LogP contribution in [0.15, 0.2) is 48.5 Å². The highest BCUT2D eigenvalue weighted by atomic mass is 32.1. The van der Waals surface area contributed by atoms with Crippen molar-refractivity contribution >= 4 is 33.1 Å². The molecule has 2 aromatic carbocycles. The van der Waals surface area contributed by atoms with Gasteiger partial charge in [-0.3, -0.25) is 0 Å². The van der Waals surface area contributed by atoms with Crippen LogP contribution in [0.4, 0.5) is 11.5 Å². The predicted octanol–water partition coefficient (Wildman–Crippen LogP) is 6.13. The van der Waals surface area contributed by atoms with Crippen LogP contribution in [0.5, 0.6) is 0 Å². The monoisotopic (exact) mass is 385 g/mol. The number of rotatable bonds is 4. The van der Waals surface area contributed by atoms with Gasteiger partial charge in [0.15, 0.2) is 0 Å². The molecule has 0 fully saturated rings. The Hall–Kier alpha value is -2.72. The average molecular weight is 386 g/mol. The fourth-order valence-corrected chi connectivity index (χ4v) is 5.22. The summed E-state index contributed by atoms with van der Waals surface area (Å²) in [4.78, 5) is 12.5. The SMILES string of the molecule is Cc1ccc(Nc2nc(Cc3ccccc3)nc3sc4c(c23)CCC4)cc1C. The van der Waals surface area contributed by atoms with Gasteiger partial charge < -0.3 is 5.32 Å². The topological polar surface area (TPSA) is 37.8 Å². The van der Waals surface area contributed by atoms with E-state index in [2.05, 4.69) is 61.6 Å². The molecular weight excluding hydrogens is 362 g/mol. The van der Waals surface area contributed by atoms with E-state index in [-0.39, 0.29) is 0 Å². The van der Waals surface area contributed by atoms with Gasteiger partial charge in [0.1, 0.15) is 16.5 Å². The smallest absolute Gasteiger partial charge is 0.143 e. The summed E-state index contributed by atoms with van der Waals surface area (Å²) < 4.78 is 0. The first-order valence-corrected chi connectivity index (χ1v) is 10.7.